The van der Waals surface area contributed by atoms with Crippen LogP contribution in [-0.4, -0.2) is 62.1 Å². The van der Waals surface area contributed by atoms with Gasteiger partial charge in [0.15, 0.2) is 0 Å². The average Bonchev–Trinajstić information content (AvgIpc) is 3.14. The number of halogens is 1. The second kappa shape index (κ2) is 7.12. The number of pyridine rings is 1. The van der Waals surface area contributed by atoms with Crippen LogP contribution in [0.2, 0.25) is 0 Å². The van der Waals surface area contributed by atoms with Crippen LogP contribution in [0.25, 0.3) is 21.9 Å². The molecule has 4 heterocycles. The number of fused-ring (bicyclic) bond motifs is 2. The number of hydrogen-bond acceptors (Lipinski definition) is 6. The second-order valence-corrected chi connectivity index (χ2v) is 6.99. The van der Waals surface area contributed by atoms with Gasteiger partial charge in [-0.3, -0.25) is 9.88 Å². The van der Waals surface area contributed by atoms with Crippen LogP contribution in [0.3, 0.4) is 0 Å². The molecule has 0 radical (unpaired) electrons. The molecular weight excluding hydrogens is 357 g/mol. The van der Waals surface area contributed by atoms with E-state index in [0.717, 1.165) is 61.5 Å². The van der Waals surface area contributed by atoms with Crippen molar-refractivity contribution in [3.8, 4) is 0 Å². The molecule has 1 aromatic carbocycles. The number of anilines is 1. The van der Waals surface area contributed by atoms with Gasteiger partial charge < -0.3 is 9.47 Å². The summed E-state index contributed by atoms with van der Waals surface area (Å²) in [4.78, 5) is 22.0. The van der Waals surface area contributed by atoms with Crippen LogP contribution in [0.4, 0.5) is 10.2 Å². The van der Waals surface area contributed by atoms with E-state index in [4.69, 9.17) is 0 Å². The molecule has 7 nitrogen and oxygen atoms in total. The molecular formula is C20H20FN7. The first-order valence-electron chi connectivity index (χ1n) is 9.40. The Morgan fingerprint density at radius 1 is 0.929 bits per heavy atom. The fourth-order valence-corrected chi connectivity index (χ4v) is 3.79. The third-order valence-electron chi connectivity index (χ3n) is 5.33. The van der Waals surface area contributed by atoms with Crippen molar-refractivity contribution in [2.45, 2.75) is 6.54 Å². The minimum Gasteiger partial charge on any atom is -0.353 e. The van der Waals surface area contributed by atoms with Crippen LogP contribution in [0, 0.1) is 5.82 Å². The van der Waals surface area contributed by atoms with Crippen LogP contribution >= 0.6 is 0 Å². The molecule has 142 valence electrons. The number of hydrogen-bond donors (Lipinski definition) is 0. The van der Waals surface area contributed by atoms with Crippen LogP contribution < -0.4 is 4.90 Å². The summed E-state index contributed by atoms with van der Waals surface area (Å²) in [5.41, 5.74) is 2.55. The Balaban J connectivity index is 1.23. The highest BCUT2D eigenvalue weighted by molar-refractivity contribution is 5.88. The highest BCUT2D eigenvalue weighted by atomic mass is 19.1. The Hall–Kier alpha value is -3.13. The number of imidazole rings is 1. The standard InChI is InChI=1S/C20H20FN7/c21-15-1-2-19-17(11-15)25-14-28(19)10-7-26-5-8-27(9-6-26)20-16-3-4-22-12-18(16)23-13-24-20/h1-4,11-14H,5-10H2. The molecule has 5 rings (SSSR count). The lowest BCUT2D eigenvalue weighted by atomic mass is 10.2. The maximum absolute atomic E-state index is 13.3. The summed E-state index contributed by atoms with van der Waals surface area (Å²) in [6, 6.07) is 6.74. The van der Waals surface area contributed by atoms with Gasteiger partial charge in [0.1, 0.15) is 18.0 Å². The second-order valence-electron chi connectivity index (χ2n) is 6.99. The zero-order valence-corrected chi connectivity index (χ0v) is 15.4. The molecule has 4 aromatic rings. The maximum atomic E-state index is 13.3. The van der Waals surface area contributed by atoms with Gasteiger partial charge in [0.05, 0.1) is 29.1 Å². The van der Waals surface area contributed by atoms with Gasteiger partial charge in [-0.1, -0.05) is 0 Å². The molecule has 0 saturated carbocycles. The van der Waals surface area contributed by atoms with E-state index in [-0.39, 0.29) is 5.82 Å². The largest absolute Gasteiger partial charge is 0.353 e. The van der Waals surface area contributed by atoms with Crippen LogP contribution in [0.5, 0.6) is 0 Å². The number of piperazine rings is 1. The monoisotopic (exact) mass is 377 g/mol. The first-order valence-corrected chi connectivity index (χ1v) is 9.40. The van der Waals surface area contributed by atoms with Gasteiger partial charge in [-0.2, -0.15) is 0 Å². The van der Waals surface area contributed by atoms with Gasteiger partial charge >= 0.3 is 0 Å². The minimum atomic E-state index is -0.248. The zero-order valence-electron chi connectivity index (χ0n) is 15.4. The van der Waals surface area contributed by atoms with Gasteiger partial charge in [-0.15, -0.1) is 0 Å². The average molecular weight is 377 g/mol. The highest BCUT2D eigenvalue weighted by Crippen LogP contribution is 2.23. The number of nitrogens with zero attached hydrogens (tertiary/aromatic N) is 7. The van der Waals surface area contributed by atoms with E-state index in [1.807, 2.05) is 6.07 Å². The Morgan fingerprint density at radius 2 is 1.82 bits per heavy atom. The Morgan fingerprint density at radius 3 is 2.71 bits per heavy atom. The molecule has 0 N–H and O–H groups in total. The SMILES string of the molecule is Fc1ccc2c(c1)ncn2CCN1CCN(c2ncnc3cnccc23)CC1. The fourth-order valence-electron chi connectivity index (χ4n) is 3.79. The van der Waals surface area contributed by atoms with Crippen molar-refractivity contribution < 1.29 is 4.39 Å². The quantitative estimate of drug-likeness (QED) is 0.544. The van der Waals surface area contributed by atoms with Crippen molar-refractivity contribution in [1.82, 2.24) is 29.4 Å². The molecule has 0 bridgehead atoms. The Labute approximate surface area is 161 Å². The number of rotatable bonds is 4. The first kappa shape index (κ1) is 17.0. The highest BCUT2D eigenvalue weighted by Gasteiger charge is 2.20. The third kappa shape index (κ3) is 3.16. The topological polar surface area (TPSA) is 63.0 Å². The molecule has 1 aliphatic rings. The van der Waals surface area contributed by atoms with Gasteiger partial charge in [0, 0.05) is 56.9 Å². The molecule has 28 heavy (non-hydrogen) atoms. The Bertz CT molecular complexity index is 1110. The van der Waals surface area contributed by atoms with Crippen molar-refractivity contribution in [3.05, 3.63) is 55.1 Å². The zero-order chi connectivity index (χ0) is 18.9. The van der Waals surface area contributed by atoms with Gasteiger partial charge in [-0.25, -0.2) is 19.3 Å². The molecule has 0 amide bonds. The summed E-state index contributed by atoms with van der Waals surface area (Å²) in [7, 11) is 0. The van der Waals surface area contributed by atoms with Crippen molar-refractivity contribution in [3.63, 3.8) is 0 Å². The third-order valence-corrected chi connectivity index (χ3v) is 5.33. The predicted octanol–water partition coefficient (Wildman–Crippen LogP) is 2.34. The number of aromatic nitrogens is 5. The van der Waals surface area contributed by atoms with Gasteiger partial charge in [-0.05, 0) is 18.2 Å². The summed E-state index contributed by atoms with van der Waals surface area (Å²) in [5.74, 6) is 0.733. The molecule has 8 heteroatoms. The molecule has 1 fully saturated rings. The lowest BCUT2D eigenvalue weighted by Gasteiger charge is -2.35. The summed E-state index contributed by atoms with van der Waals surface area (Å²) >= 11 is 0. The van der Waals surface area contributed by atoms with E-state index >= 15 is 0 Å². The molecule has 3 aromatic heterocycles. The molecule has 0 atom stereocenters. The van der Waals surface area contributed by atoms with Crippen molar-refractivity contribution in [1.29, 1.82) is 0 Å². The lowest BCUT2D eigenvalue weighted by molar-refractivity contribution is 0.249. The molecule has 1 saturated heterocycles. The summed E-state index contributed by atoms with van der Waals surface area (Å²) < 4.78 is 15.4. The van der Waals surface area contributed by atoms with E-state index in [0.29, 0.717) is 5.52 Å². The molecule has 0 unspecified atom stereocenters. The molecule has 0 spiro atoms. The van der Waals surface area contributed by atoms with E-state index in [9.17, 15) is 4.39 Å². The maximum Gasteiger partial charge on any atom is 0.140 e. The van der Waals surface area contributed by atoms with Crippen molar-refractivity contribution in [2.24, 2.45) is 0 Å². The number of benzene rings is 1. The van der Waals surface area contributed by atoms with E-state index in [1.165, 1.54) is 12.1 Å². The first-order chi connectivity index (χ1) is 13.8. The Kier molecular flexibility index (Phi) is 4.32. The summed E-state index contributed by atoms with van der Waals surface area (Å²) in [5, 5.41) is 1.04. The van der Waals surface area contributed by atoms with E-state index in [2.05, 4.69) is 34.3 Å². The molecule has 1 aliphatic heterocycles. The van der Waals surface area contributed by atoms with E-state index in [1.54, 1.807) is 31.1 Å². The normalized spacial score (nSPS) is 15.5. The summed E-state index contributed by atoms with van der Waals surface area (Å²) in [6.07, 6.45) is 6.96. The smallest absolute Gasteiger partial charge is 0.140 e. The van der Waals surface area contributed by atoms with Crippen LogP contribution in [0.1, 0.15) is 0 Å². The van der Waals surface area contributed by atoms with E-state index < -0.39 is 0 Å². The lowest BCUT2D eigenvalue weighted by Crippen LogP contribution is -2.47. The summed E-state index contributed by atoms with van der Waals surface area (Å²) in [6.45, 7) is 5.56. The fraction of sp³-hybridized carbons (Fsp3) is 0.300. The van der Waals surface area contributed by atoms with Crippen LogP contribution in [0.15, 0.2) is 49.3 Å². The van der Waals surface area contributed by atoms with Crippen LogP contribution in [-0.2, 0) is 6.54 Å². The van der Waals surface area contributed by atoms with Gasteiger partial charge in [0.25, 0.3) is 0 Å². The van der Waals surface area contributed by atoms with Gasteiger partial charge in [0.2, 0.25) is 0 Å². The minimum absolute atomic E-state index is 0.248. The predicted molar refractivity (Wildman–Crippen MR) is 106 cm³/mol. The van der Waals surface area contributed by atoms with Crippen molar-refractivity contribution >= 4 is 27.8 Å². The van der Waals surface area contributed by atoms with Crippen molar-refractivity contribution in [2.75, 3.05) is 37.6 Å². The molecule has 0 aliphatic carbocycles.